The zero-order chi connectivity index (χ0) is 17.8. The average Bonchev–Trinajstić information content (AvgIpc) is 3.06. The highest BCUT2D eigenvalue weighted by Crippen LogP contribution is 2.31. The maximum atomic E-state index is 12.7. The van der Waals surface area contributed by atoms with Crippen LogP contribution < -0.4 is 9.47 Å². The van der Waals surface area contributed by atoms with Gasteiger partial charge in [0.1, 0.15) is 11.5 Å². The second-order valence-electron chi connectivity index (χ2n) is 5.76. The maximum Gasteiger partial charge on any atom is 0.257 e. The van der Waals surface area contributed by atoms with Crippen LogP contribution in [0.1, 0.15) is 28.0 Å². The lowest BCUT2D eigenvalue weighted by atomic mass is 9.98. The summed E-state index contributed by atoms with van der Waals surface area (Å²) in [5.74, 6) is 2.30. The number of benzene rings is 1. The molecule has 2 aromatic rings. The highest BCUT2D eigenvalue weighted by molar-refractivity contribution is 5.97. The van der Waals surface area contributed by atoms with Crippen LogP contribution in [0.3, 0.4) is 0 Å². The van der Waals surface area contributed by atoms with Gasteiger partial charge in [0.15, 0.2) is 5.82 Å². The summed E-state index contributed by atoms with van der Waals surface area (Å²) < 4.78 is 20.7. The Labute approximate surface area is 145 Å². The van der Waals surface area contributed by atoms with Gasteiger partial charge in [-0.05, 0) is 12.1 Å². The van der Waals surface area contributed by atoms with Crippen molar-refractivity contribution in [3.8, 4) is 11.5 Å². The molecule has 25 heavy (non-hydrogen) atoms. The minimum atomic E-state index is -0.0881. The lowest BCUT2D eigenvalue weighted by Gasteiger charge is -2.37. The summed E-state index contributed by atoms with van der Waals surface area (Å²) >= 11 is 0. The normalized spacial score (nSPS) is 14.3. The van der Waals surface area contributed by atoms with Crippen LogP contribution >= 0.6 is 0 Å². The van der Waals surface area contributed by atoms with E-state index >= 15 is 0 Å². The number of methoxy groups -OCH3 is 3. The Morgan fingerprint density at radius 2 is 2.08 bits per heavy atom. The predicted octanol–water partition coefficient (Wildman–Crippen LogP) is 1.52. The van der Waals surface area contributed by atoms with Crippen molar-refractivity contribution >= 4 is 5.91 Å². The molecule has 1 aromatic carbocycles. The molecule has 0 N–H and O–H groups in total. The van der Waals surface area contributed by atoms with E-state index in [1.54, 1.807) is 37.3 Å². The summed E-state index contributed by atoms with van der Waals surface area (Å²) in [6, 6.07) is 5.15. The average molecular weight is 347 g/mol. The number of amides is 1. The number of carbonyl (C=O) groups is 1. The summed E-state index contributed by atoms with van der Waals surface area (Å²) in [6.45, 7) is 1.63. The lowest BCUT2D eigenvalue weighted by Crippen LogP contribution is -2.48. The third-order valence-electron chi connectivity index (χ3n) is 4.17. The van der Waals surface area contributed by atoms with Crippen molar-refractivity contribution < 1.29 is 23.5 Å². The van der Waals surface area contributed by atoms with E-state index in [9.17, 15) is 4.79 Å². The van der Waals surface area contributed by atoms with Crippen LogP contribution in [0, 0.1) is 0 Å². The van der Waals surface area contributed by atoms with Gasteiger partial charge in [-0.15, -0.1) is 0 Å². The van der Waals surface area contributed by atoms with Crippen LogP contribution in [0.15, 0.2) is 22.7 Å². The molecule has 1 aliphatic heterocycles. The molecular formula is C17H21N3O5. The Bertz CT molecular complexity index is 740. The number of aromatic nitrogens is 2. The minimum absolute atomic E-state index is 0.0667. The molecule has 0 radical (unpaired) electrons. The fourth-order valence-electron chi connectivity index (χ4n) is 2.67. The van der Waals surface area contributed by atoms with E-state index in [1.165, 1.54) is 7.11 Å². The molecular weight excluding hydrogens is 326 g/mol. The third-order valence-corrected chi connectivity index (χ3v) is 4.17. The monoisotopic (exact) mass is 347 g/mol. The van der Waals surface area contributed by atoms with Crippen molar-refractivity contribution in [1.82, 2.24) is 15.0 Å². The van der Waals surface area contributed by atoms with Gasteiger partial charge in [0, 0.05) is 32.7 Å². The third kappa shape index (κ3) is 3.58. The molecule has 8 nitrogen and oxygen atoms in total. The van der Waals surface area contributed by atoms with Gasteiger partial charge in [-0.1, -0.05) is 5.16 Å². The highest BCUT2D eigenvalue weighted by atomic mass is 16.5. The number of hydrogen-bond donors (Lipinski definition) is 0. The largest absolute Gasteiger partial charge is 0.497 e. The van der Waals surface area contributed by atoms with Crippen molar-refractivity contribution in [1.29, 1.82) is 0 Å². The molecule has 1 aliphatic rings. The van der Waals surface area contributed by atoms with E-state index in [-0.39, 0.29) is 11.8 Å². The summed E-state index contributed by atoms with van der Waals surface area (Å²) in [4.78, 5) is 18.7. The molecule has 1 amide bonds. The smallest absolute Gasteiger partial charge is 0.257 e. The molecule has 8 heteroatoms. The summed E-state index contributed by atoms with van der Waals surface area (Å²) in [5.41, 5.74) is 0.507. The number of hydrogen-bond acceptors (Lipinski definition) is 7. The van der Waals surface area contributed by atoms with Crippen molar-refractivity contribution in [2.24, 2.45) is 0 Å². The summed E-state index contributed by atoms with van der Waals surface area (Å²) in [6.07, 6.45) is 0.610. The van der Waals surface area contributed by atoms with Gasteiger partial charge in [-0.25, -0.2) is 0 Å². The number of rotatable bonds is 7. The first-order valence-corrected chi connectivity index (χ1v) is 7.99. The van der Waals surface area contributed by atoms with Crippen molar-refractivity contribution in [2.75, 3.05) is 41.0 Å². The SMILES string of the molecule is COCCc1noc(C2CN(C(=O)c3ccc(OC)cc3OC)C2)n1. The standard InChI is InChI=1S/C17H21N3O5/c1-22-7-6-15-18-16(25-19-15)11-9-20(10-11)17(21)13-5-4-12(23-2)8-14(13)24-3/h4-5,8,11H,6-7,9-10H2,1-3H3. The van der Waals surface area contributed by atoms with Crippen LogP contribution in [-0.4, -0.2) is 62.0 Å². The first kappa shape index (κ1) is 17.2. The molecule has 0 atom stereocenters. The van der Waals surface area contributed by atoms with E-state index in [4.69, 9.17) is 18.7 Å². The molecule has 1 aromatic heterocycles. The lowest BCUT2D eigenvalue weighted by molar-refractivity contribution is 0.0566. The van der Waals surface area contributed by atoms with Gasteiger partial charge in [-0.2, -0.15) is 4.98 Å². The van der Waals surface area contributed by atoms with Crippen LogP contribution in [0.2, 0.25) is 0 Å². The summed E-state index contributed by atoms with van der Waals surface area (Å²) in [5, 5.41) is 3.93. The highest BCUT2D eigenvalue weighted by Gasteiger charge is 2.36. The first-order chi connectivity index (χ1) is 12.2. The quantitative estimate of drug-likeness (QED) is 0.750. The molecule has 134 valence electrons. The molecule has 2 heterocycles. The molecule has 1 fully saturated rings. The predicted molar refractivity (Wildman–Crippen MR) is 88.1 cm³/mol. The van der Waals surface area contributed by atoms with Crippen LogP contribution in [-0.2, 0) is 11.2 Å². The fourth-order valence-corrected chi connectivity index (χ4v) is 2.67. The molecule has 3 rings (SSSR count). The van der Waals surface area contributed by atoms with E-state index in [0.717, 1.165) is 0 Å². The van der Waals surface area contributed by atoms with Crippen LogP contribution in [0.4, 0.5) is 0 Å². The van der Waals surface area contributed by atoms with Crippen LogP contribution in [0.25, 0.3) is 0 Å². The molecule has 1 saturated heterocycles. The topological polar surface area (TPSA) is 86.9 Å². The van der Waals surface area contributed by atoms with Gasteiger partial charge in [0.2, 0.25) is 5.89 Å². The second kappa shape index (κ2) is 7.52. The minimum Gasteiger partial charge on any atom is -0.497 e. The Kier molecular flexibility index (Phi) is 5.18. The number of nitrogens with zero attached hydrogens (tertiary/aromatic N) is 3. The molecule has 0 unspecified atom stereocenters. The van der Waals surface area contributed by atoms with Gasteiger partial charge >= 0.3 is 0 Å². The maximum absolute atomic E-state index is 12.7. The zero-order valence-electron chi connectivity index (χ0n) is 14.5. The number of carbonyl (C=O) groups excluding carboxylic acids is 1. The van der Waals surface area contributed by atoms with Gasteiger partial charge < -0.3 is 23.6 Å². The van der Waals surface area contributed by atoms with E-state index in [1.807, 2.05) is 0 Å². The molecule has 0 spiro atoms. The molecule has 0 saturated carbocycles. The number of likely N-dealkylation sites (tertiary alicyclic amines) is 1. The Morgan fingerprint density at radius 1 is 1.28 bits per heavy atom. The molecule has 0 aliphatic carbocycles. The van der Waals surface area contributed by atoms with E-state index in [0.29, 0.717) is 54.9 Å². The number of ether oxygens (including phenoxy) is 3. The van der Waals surface area contributed by atoms with Gasteiger partial charge in [-0.3, -0.25) is 4.79 Å². The fraction of sp³-hybridized carbons (Fsp3) is 0.471. The second-order valence-corrected chi connectivity index (χ2v) is 5.76. The van der Waals surface area contributed by atoms with Crippen molar-refractivity contribution in [3.63, 3.8) is 0 Å². The van der Waals surface area contributed by atoms with Gasteiger partial charge in [0.05, 0.1) is 32.3 Å². The Balaban J connectivity index is 1.62. The van der Waals surface area contributed by atoms with Crippen molar-refractivity contribution in [2.45, 2.75) is 12.3 Å². The van der Waals surface area contributed by atoms with Crippen LogP contribution in [0.5, 0.6) is 11.5 Å². The Morgan fingerprint density at radius 3 is 2.76 bits per heavy atom. The summed E-state index contributed by atoms with van der Waals surface area (Å²) in [7, 11) is 4.73. The Hall–Kier alpha value is -2.61. The zero-order valence-corrected chi connectivity index (χ0v) is 14.5. The first-order valence-electron chi connectivity index (χ1n) is 7.99. The van der Waals surface area contributed by atoms with Gasteiger partial charge in [0.25, 0.3) is 5.91 Å². The van der Waals surface area contributed by atoms with E-state index < -0.39 is 0 Å². The van der Waals surface area contributed by atoms with Crippen molar-refractivity contribution in [3.05, 3.63) is 35.5 Å². The molecule has 0 bridgehead atoms. The van der Waals surface area contributed by atoms with E-state index in [2.05, 4.69) is 10.1 Å².